The molecular formula is C21H23N3O4S2. The number of carbonyl (C=O) groups excluding carboxylic acids is 1. The Morgan fingerprint density at radius 1 is 1.17 bits per heavy atom. The number of ether oxygens (including phenoxy) is 1. The molecule has 0 saturated carbocycles. The Bertz CT molecular complexity index is 1200. The van der Waals surface area contributed by atoms with Gasteiger partial charge in [0.1, 0.15) is 5.75 Å². The Morgan fingerprint density at radius 3 is 2.70 bits per heavy atom. The summed E-state index contributed by atoms with van der Waals surface area (Å²) in [7, 11) is -3.49. The lowest BCUT2D eigenvalue weighted by Gasteiger charge is -2.15. The molecule has 0 spiro atoms. The number of aryl methyl sites for hydroxylation is 2. The molecule has 0 aliphatic carbocycles. The minimum absolute atomic E-state index is 0.130. The maximum atomic E-state index is 12.8. The molecule has 4 rings (SSSR count). The Hall–Kier alpha value is -2.49. The molecule has 1 aliphatic rings. The summed E-state index contributed by atoms with van der Waals surface area (Å²) >= 11 is 1.24. The molecule has 1 aliphatic heterocycles. The third kappa shape index (κ3) is 4.33. The van der Waals surface area contributed by atoms with Crippen molar-refractivity contribution in [2.24, 2.45) is 0 Å². The summed E-state index contributed by atoms with van der Waals surface area (Å²) < 4.78 is 33.4. The number of fused-ring (bicyclic) bond motifs is 1. The predicted octanol–water partition coefficient (Wildman–Crippen LogP) is 3.72. The average molecular weight is 446 g/mol. The molecule has 0 bridgehead atoms. The lowest BCUT2D eigenvalue weighted by Crippen LogP contribution is -2.27. The molecule has 30 heavy (non-hydrogen) atoms. The van der Waals surface area contributed by atoms with E-state index in [-0.39, 0.29) is 17.4 Å². The third-order valence-corrected chi connectivity index (χ3v) is 7.84. The lowest BCUT2D eigenvalue weighted by molar-refractivity contribution is -0.118. The number of amides is 1. The summed E-state index contributed by atoms with van der Waals surface area (Å²) in [6.07, 6.45) is 1.78. The fourth-order valence-corrected chi connectivity index (χ4v) is 5.90. The van der Waals surface area contributed by atoms with Crippen LogP contribution in [-0.2, 0) is 14.8 Å². The zero-order valence-corrected chi connectivity index (χ0v) is 18.5. The quantitative estimate of drug-likeness (QED) is 0.625. The van der Waals surface area contributed by atoms with Crippen molar-refractivity contribution in [2.45, 2.75) is 31.6 Å². The highest BCUT2D eigenvalue weighted by atomic mass is 32.2. The fraction of sp³-hybridized carbons (Fsp3) is 0.333. The summed E-state index contributed by atoms with van der Waals surface area (Å²) in [5, 5.41) is 3.14. The van der Waals surface area contributed by atoms with Gasteiger partial charge in [-0.25, -0.2) is 13.4 Å². The van der Waals surface area contributed by atoms with Gasteiger partial charge in [-0.05, 0) is 62.1 Å². The van der Waals surface area contributed by atoms with Gasteiger partial charge in [-0.3, -0.25) is 10.1 Å². The van der Waals surface area contributed by atoms with Gasteiger partial charge in [0.05, 0.1) is 15.1 Å². The van der Waals surface area contributed by atoms with Crippen LogP contribution < -0.4 is 10.1 Å². The van der Waals surface area contributed by atoms with Gasteiger partial charge in [0.2, 0.25) is 10.0 Å². The number of carbonyl (C=O) groups is 1. The van der Waals surface area contributed by atoms with Crippen LogP contribution in [0.15, 0.2) is 41.3 Å². The van der Waals surface area contributed by atoms with Crippen LogP contribution in [0.1, 0.15) is 24.0 Å². The summed E-state index contributed by atoms with van der Waals surface area (Å²) in [6, 6.07) is 10.7. The van der Waals surface area contributed by atoms with Gasteiger partial charge >= 0.3 is 0 Å². The van der Waals surface area contributed by atoms with E-state index in [2.05, 4.69) is 10.3 Å². The summed E-state index contributed by atoms with van der Waals surface area (Å²) in [5.74, 6) is 0.353. The molecule has 0 atom stereocenters. The Labute approximate surface area is 179 Å². The molecule has 1 aromatic heterocycles. The van der Waals surface area contributed by atoms with Gasteiger partial charge in [0.15, 0.2) is 11.7 Å². The fourth-order valence-electron chi connectivity index (χ4n) is 3.36. The van der Waals surface area contributed by atoms with Crippen LogP contribution in [0.4, 0.5) is 5.13 Å². The van der Waals surface area contributed by atoms with Crippen LogP contribution in [0.2, 0.25) is 0 Å². The zero-order chi connectivity index (χ0) is 21.3. The standard InChI is InChI=1S/C21H23N3O4S2/c1-14-5-6-15(2)18(11-14)28-13-20(25)23-21-22-17-8-7-16(12-19(17)29-21)30(26,27)24-9-3-4-10-24/h5-8,11-12H,3-4,9-10,13H2,1-2H3,(H,22,23,25). The van der Waals surface area contributed by atoms with E-state index in [1.54, 1.807) is 18.2 Å². The van der Waals surface area contributed by atoms with Crippen LogP contribution in [0.5, 0.6) is 5.75 Å². The molecule has 1 fully saturated rings. The van der Waals surface area contributed by atoms with E-state index in [1.807, 2.05) is 32.0 Å². The number of anilines is 1. The number of nitrogens with zero attached hydrogens (tertiary/aromatic N) is 2. The van der Waals surface area contributed by atoms with Gasteiger partial charge in [0.25, 0.3) is 5.91 Å². The second-order valence-corrected chi connectivity index (χ2v) is 10.3. The zero-order valence-electron chi connectivity index (χ0n) is 16.8. The van der Waals surface area contributed by atoms with Crippen molar-refractivity contribution in [1.82, 2.24) is 9.29 Å². The van der Waals surface area contributed by atoms with Crippen molar-refractivity contribution >= 4 is 42.6 Å². The maximum absolute atomic E-state index is 12.8. The smallest absolute Gasteiger partial charge is 0.264 e. The molecule has 0 unspecified atom stereocenters. The molecule has 2 heterocycles. The van der Waals surface area contributed by atoms with E-state index in [4.69, 9.17) is 4.74 Å². The highest BCUT2D eigenvalue weighted by Gasteiger charge is 2.27. The van der Waals surface area contributed by atoms with Crippen LogP contribution in [0.25, 0.3) is 10.2 Å². The molecule has 3 aromatic rings. The van der Waals surface area contributed by atoms with E-state index in [9.17, 15) is 13.2 Å². The Kier molecular flexibility index (Phi) is 5.77. The maximum Gasteiger partial charge on any atom is 0.264 e. The molecular weight excluding hydrogens is 422 g/mol. The first-order valence-corrected chi connectivity index (χ1v) is 12.0. The molecule has 9 heteroatoms. The first-order chi connectivity index (χ1) is 14.3. The number of rotatable bonds is 6. The first-order valence-electron chi connectivity index (χ1n) is 9.73. The second-order valence-electron chi connectivity index (χ2n) is 7.37. The topological polar surface area (TPSA) is 88.6 Å². The summed E-state index contributed by atoms with van der Waals surface area (Å²) in [6.45, 7) is 4.88. The third-order valence-electron chi connectivity index (χ3n) is 5.01. The van der Waals surface area contributed by atoms with Crippen LogP contribution in [-0.4, -0.2) is 43.3 Å². The largest absolute Gasteiger partial charge is 0.483 e. The van der Waals surface area contributed by atoms with Crippen molar-refractivity contribution in [2.75, 3.05) is 25.0 Å². The number of benzene rings is 2. The van der Waals surface area contributed by atoms with E-state index in [0.717, 1.165) is 24.0 Å². The number of hydrogen-bond donors (Lipinski definition) is 1. The number of hydrogen-bond acceptors (Lipinski definition) is 6. The van der Waals surface area contributed by atoms with Crippen LogP contribution >= 0.6 is 11.3 Å². The molecule has 7 nitrogen and oxygen atoms in total. The van der Waals surface area contributed by atoms with Gasteiger partial charge in [-0.2, -0.15) is 4.31 Å². The van der Waals surface area contributed by atoms with Crippen molar-refractivity contribution < 1.29 is 17.9 Å². The first kappa shape index (κ1) is 20.8. The van der Waals surface area contributed by atoms with Crippen molar-refractivity contribution in [3.8, 4) is 5.75 Å². The molecule has 1 N–H and O–H groups in total. The monoisotopic (exact) mass is 445 g/mol. The van der Waals surface area contributed by atoms with Gasteiger partial charge < -0.3 is 4.74 Å². The van der Waals surface area contributed by atoms with E-state index < -0.39 is 10.0 Å². The van der Waals surface area contributed by atoms with E-state index in [0.29, 0.717) is 34.2 Å². The number of thiazole rings is 1. The van der Waals surface area contributed by atoms with Gasteiger partial charge in [-0.1, -0.05) is 23.5 Å². The normalized spacial score (nSPS) is 14.9. The highest BCUT2D eigenvalue weighted by Crippen LogP contribution is 2.30. The number of sulfonamides is 1. The summed E-state index contributed by atoms with van der Waals surface area (Å²) in [4.78, 5) is 16.9. The molecule has 1 saturated heterocycles. The minimum atomic E-state index is -3.49. The number of aromatic nitrogens is 1. The minimum Gasteiger partial charge on any atom is -0.483 e. The van der Waals surface area contributed by atoms with Gasteiger partial charge in [-0.15, -0.1) is 0 Å². The highest BCUT2D eigenvalue weighted by molar-refractivity contribution is 7.89. The number of nitrogens with one attached hydrogen (secondary N) is 1. The molecule has 2 aromatic carbocycles. The lowest BCUT2D eigenvalue weighted by atomic mass is 10.1. The van der Waals surface area contributed by atoms with Crippen LogP contribution in [0.3, 0.4) is 0 Å². The van der Waals surface area contributed by atoms with Gasteiger partial charge in [0, 0.05) is 13.1 Å². The predicted molar refractivity (Wildman–Crippen MR) is 118 cm³/mol. The van der Waals surface area contributed by atoms with E-state index >= 15 is 0 Å². The average Bonchev–Trinajstić information content (AvgIpc) is 3.37. The van der Waals surface area contributed by atoms with Crippen molar-refractivity contribution in [3.63, 3.8) is 0 Å². The van der Waals surface area contributed by atoms with Crippen molar-refractivity contribution in [1.29, 1.82) is 0 Å². The van der Waals surface area contributed by atoms with E-state index in [1.165, 1.54) is 15.6 Å². The second kappa shape index (κ2) is 8.33. The molecule has 158 valence electrons. The molecule has 0 radical (unpaired) electrons. The van der Waals surface area contributed by atoms with Crippen molar-refractivity contribution in [3.05, 3.63) is 47.5 Å². The van der Waals surface area contributed by atoms with Crippen LogP contribution in [0, 0.1) is 13.8 Å². The molecule has 1 amide bonds. The summed E-state index contributed by atoms with van der Waals surface area (Å²) in [5.41, 5.74) is 2.66. The Morgan fingerprint density at radius 2 is 1.93 bits per heavy atom. The Balaban J connectivity index is 1.46. The SMILES string of the molecule is Cc1ccc(C)c(OCC(=O)Nc2nc3ccc(S(=O)(=O)N4CCCC4)cc3s2)c1.